The van der Waals surface area contributed by atoms with Crippen LogP contribution in [-0.4, -0.2) is 46.8 Å². The van der Waals surface area contributed by atoms with Crippen molar-refractivity contribution in [1.82, 2.24) is 5.01 Å². The molecule has 2 aliphatic heterocycles. The van der Waals surface area contributed by atoms with Gasteiger partial charge in [0.25, 0.3) is 5.91 Å². The summed E-state index contributed by atoms with van der Waals surface area (Å²) in [6, 6.07) is 9.39. The second kappa shape index (κ2) is 11.2. The smallest absolute Gasteiger partial charge is 0.283 e. The molecule has 0 aromatic heterocycles. The molecule has 0 aliphatic carbocycles. The van der Waals surface area contributed by atoms with E-state index in [2.05, 4.69) is 16.2 Å². The summed E-state index contributed by atoms with van der Waals surface area (Å²) in [5.74, 6) is 1.11. The Labute approximate surface area is 219 Å². The molecule has 1 N–H and O–H groups in total. The first-order valence-electron chi connectivity index (χ1n) is 11.6. The van der Waals surface area contributed by atoms with E-state index in [1.54, 1.807) is 18.2 Å². The number of fused-ring (bicyclic) bond motifs is 1. The largest absolute Gasteiger partial charge is 0.490 e. The molecule has 8 nitrogen and oxygen atoms in total. The van der Waals surface area contributed by atoms with Crippen molar-refractivity contribution in [3.05, 3.63) is 57.6 Å². The summed E-state index contributed by atoms with van der Waals surface area (Å²) >= 11 is 7.85. The Morgan fingerprint density at radius 1 is 1.08 bits per heavy atom. The minimum Gasteiger partial charge on any atom is -0.490 e. The highest BCUT2D eigenvalue weighted by molar-refractivity contribution is 8.26. The molecular weight excluding hydrogens is 500 g/mol. The molecule has 0 bridgehead atoms. The topological polar surface area (TPSA) is 96.6 Å². The number of halogens is 1. The third kappa shape index (κ3) is 5.57. The van der Waals surface area contributed by atoms with Crippen LogP contribution in [0.25, 0.3) is 6.08 Å². The summed E-state index contributed by atoms with van der Waals surface area (Å²) in [7, 11) is 0. The van der Waals surface area contributed by atoms with Gasteiger partial charge in [0.05, 0.1) is 17.2 Å². The summed E-state index contributed by atoms with van der Waals surface area (Å²) < 4.78 is 17.5. The maximum absolute atomic E-state index is 12.7. The summed E-state index contributed by atoms with van der Waals surface area (Å²) in [5.41, 5.74) is 2.94. The number of hydrazone groups is 1. The predicted molar refractivity (Wildman–Crippen MR) is 145 cm³/mol. The van der Waals surface area contributed by atoms with Gasteiger partial charge in [0.15, 0.2) is 17.3 Å². The highest BCUT2D eigenvalue weighted by atomic mass is 35.5. The molecule has 10 heteroatoms. The lowest BCUT2D eigenvalue weighted by Gasteiger charge is -2.20. The molecule has 0 radical (unpaired) electrons. The fourth-order valence-electron chi connectivity index (χ4n) is 3.67. The molecule has 0 saturated heterocycles. The Bertz CT molecular complexity index is 1310. The van der Waals surface area contributed by atoms with Crippen LogP contribution in [0, 0.1) is 19.3 Å². The van der Waals surface area contributed by atoms with Crippen molar-refractivity contribution >= 4 is 51.4 Å². The molecule has 2 aromatic rings. The van der Waals surface area contributed by atoms with E-state index < -0.39 is 5.91 Å². The Balaban J connectivity index is 1.51. The molecule has 2 aromatic carbocycles. The number of hydrogen-bond donors (Lipinski definition) is 1. The fourth-order valence-corrected chi connectivity index (χ4v) is 4.77. The van der Waals surface area contributed by atoms with Crippen LogP contribution in [0.2, 0.25) is 5.02 Å². The van der Waals surface area contributed by atoms with Crippen molar-refractivity contribution in [2.24, 2.45) is 10.1 Å². The van der Waals surface area contributed by atoms with E-state index >= 15 is 0 Å². The van der Waals surface area contributed by atoms with Crippen molar-refractivity contribution in [1.29, 1.82) is 5.41 Å². The van der Waals surface area contributed by atoms with Crippen molar-refractivity contribution < 1.29 is 19.0 Å². The van der Waals surface area contributed by atoms with Gasteiger partial charge >= 0.3 is 0 Å². The van der Waals surface area contributed by atoms with Gasteiger partial charge in [0.2, 0.25) is 5.17 Å². The second-order valence-electron chi connectivity index (χ2n) is 8.10. The fraction of sp³-hybridized carbons (Fsp3) is 0.308. The minimum absolute atomic E-state index is 0.0288. The van der Waals surface area contributed by atoms with E-state index in [-0.39, 0.29) is 18.0 Å². The van der Waals surface area contributed by atoms with Crippen molar-refractivity contribution in [3.8, 4) is 17.2 Å². The number of aliphatic imine (C=N–C) groups is 1. The van der Waals surface area contributed by atoms with Crippen LogP contribution >= 0.6 is 23.4 Å². The first-order chi connectivity index (χ1) is 17.3. The molecule has 1 amide bonds. The van der Waals surface area contributed by atoms with Crippen molar-refractivity contribution in [2.75, 3.05) is 19.8 Å². The molecule has 2 heterocycles. The molecule has 0 unspecified atom stereocenters. The lowest BCUT2D eigenvalue weighted by atomic mass is 10.1. The third-order valence-electron chi connectivity index (χ3n) is 5.36. The van der Waals surface area contributed by atoms with Crippen LogP contribution in [0.15, 0.2) is 46.0 Å². The molecule has 0 fully saturated rings. The van der Waals surface area contributed by atoms with E-state index in [0.717, 1.165) is 16.4 Å². The molecule has 0 atom stereocenters. The van der Waals surface area contributed by atoms with E-state index in [0.29, 0.717) is 46.9 Å². The lowest BCUT2D eigenvalue weighted by Crippen LogP contribution is -2.35. The summed E-state index contributed by atoms with van der Waals surface area (Å²) in [6.07, 6.45) is 2.27. The van der Waals surface area contributed by atoms with Gasteiger partial charge < -0.3 is 14.2 Å². The van der Waals surface area contributed by atoms with Gasteiger partial charge in [-0.05, 0) is 74.4 Å². The number of amidine groups is 2. The molecule has 4 rings (SSSR count). The number of benzene rings is 2. The zero-order chi connectivity index (χ0) is 25.8. The summed E-state index contributed by atoms with van der Waals surface area (Å²) in [6.45, 7) is 8.85. The van der Waals surface area contributed by atoms with Gasteiger partial charge in [-0.25, -0.2) is 0 Å². The Hall–Kier alpha value is -3.30. The van der Waals surface area contributed by atoms with Gasteiger partial charge in [-0.3, -0.25) is 10.2 Å². The molecule has 0 saturated carbocycles. The summed E-state index contributed by atoms with van der Waals surface area (Å²) in [4.78, 5) is 16.7. The number of nitrogens with one attached hydrogen (secondary N) is 1. The maximum atomic E-state index is 12.7. The van der Waals surface area contributed by atoms with Gasteiger partial charge in [-0.15, -0.1) is 0 Å². The zero-order valence-electron chi connectivity index (χ0n) is 20.6. The lowest BCUT2D eigenvalue weighted by molar-refractivity contribution is -0.114. The third-order valence-corrected chi connectivity index (χ3v) is 6.69. The van der Waals surface area contributed by atoms with Crippen LogP contribution in [0.4, 0.5) is 0 Å². The van der Waals surface area contributed by atoms with Crippen LogP contribution in [-0.2, 0) is 4.79 Å². The molecular formula is C26H27ClN4O4S. The standard InChI is InChI=1S/C26H27ClN4O4S/c1-5-22-30-31-24(28)18(25(32)29-26(31)36-22)12-17-13-19(27)23(21(14-17)33-6-2)35-10-9-34-20-8-7-15(3)11-16(20)4/h7-8,11-14,28H,5-6,9-10H2,1-4H3/b18-12-,28-24?. The van der Waals surface area contributed by atoms with E-state index in [1.807, 2.05) is 39.8 Å². The van der Waals surface area contributed by atoms with E-state index in [9.17, 15) is 4.79 Å². The van der Waals surface area contributed by atoms with Crippen LogP contribution < -0.4 is 14.2 Å². The SMILES string of the molecule is CCOc1cc(/C=C2/C(=N)N3N=C(CC)SC3=NC2=O)cc(Cl)c1OCCOc1ccc(C)cc1C. The molecule has 36 heavy (non-hydrogen) atoms. The summed E-state index contributed by atoms with van der Waals surface area (Å²) in [5, 5.41) is 15.8. The Morgan fingerprint density at radius 2 is 1.86 bits per heavy atom. The first-order valence-corrected chi connectivity index (χ1v) is 12.8. The maximum Gasteiger partial charge on any atom is 0.283 e. The number of aryl methyl sites for hydroxylation is 2. The number of ether oxygens (including phenoxy) is 3. The van der Waals surface area contributed by atoms with Crippen LogP contribution in [0.3, 0.4) is 0 Å². The van der Waals surface area contributed by atoms with Crippen molar-refractivity contribution in [3.63, 3.8) is 0 Å². The van der Waals surface area contributed by atoms with Gasteiger partial charge in [-0.1, -0.05) is 36.2 Å². The zero-order valence-corrected chi connectivity index (χ0v) is 22.1. The van der Waals surface area contributed by atoms with Crippen LogP contribution in [0.5, 0.6) is 17.2 Å². The minimum atomic E-state index is -0.496. The molecule has 0 spiro atoms. The number of rotatable bonds is 9. The first kappa shape index (κ1) is 25.8. The number of carbonyl (C=O) groups is 1. The molecule has 2 aliphatic rings. The number of hydrogen-bond acceptors (Lipinski definition) is 7. The van der Waals surface area contributed by atoms with E-state index in [1.165, 1.54) is 22.3 Å². The predicted octanol–water partition coefficient (Wildman–Crippen LogP) is 5.84. The number of amides is 1. The Kier molecular flexibility index (Phi) is 8.01. The second-order valence-corrected chi connectivity index (χ2v) is 9.54. The van der Waals surface area contributed by atoms with E-state index in [4.69, 9.17) is 31.2 Å². The average molecular weight is 527 g/mol. The Morgan fingerprint density at radius 3 is 2.58 bits per heavy atom. The monoisotopic (exact) mass is 526 g/mol. The van der Waals surface area contributed by atoms with Gasteiger partial charge in [-0.2, -0.15) is 15.1 Å². The number of thioether (sulfide) groups is 1. The quantitative estimate of drug-likeness (QED) is 0.325. The number of carbonyl (C=O) groups excluding carboxylic acids is 1. The molecule has 188 valence electrons. The van der Waals surface area contributed by atoms with Gasteiger partial charge in [0.1, 0.15) is 24.0 Å². The highest BCUT2D eigenvalue weighted by Gasteiger charge is 2.35. The van der Waals surface area contributed by atoms with Crippen molar-refractivity contribution in [2.45, 2.75) is 34.1 Å². The number of nitrogens with zero attached hydrogens (tertiary/aromatic N) is 3. The van der Waals surface area contributed by atoms with Crippen LogP contribution in [0.1, 0.15) is 37.0 Å². The van der Waals surface area contributed by atoms with Gasteiger partial charge in [0, 0.05) is 0 Å². The normalized spacial score (nSPS) is 16.1. The highest BCUT2D eigenvalue weighted by Crippen LogP contribution is 2.38. The average Bonchev–Trinajstić information content (AvgIpc) is 3.25.